The van der Waals surface area contributed by atoms with E-state index in [1.165, 1.54) is 18.5 Å². The molecule has 0 bridgehead atoms. The van der Waals surface area contributed by atoms with Gasteiger partial charge in [-0.05, 0) is 38.5 Å². The van der Waals surface area contributed by atoms with E-state index in [0.717, 1.165) is 0 Å². The zero-order chi connectivity index (χ0) is 9.28. The Balaban J connectivity index is -0.0000000600. The van der Waals surface area contributed by atoms with Crippen molar-refractivity contribution in [2.75, 3.05) is 38.5 Å². The van der Waals surface area contributed by atoms with Crippen LogP contribution in [-0.2, 0) is 39.9 Å². The van der Waals surface area contributed by atoms with Crippen molar-refractivity contribution in [3.8, 4) is 0 Å². The van der Waals surface area contributed by atoms with Gasteiger partial charge in [0.1, 0.15) is 0 Å². The number of hydrogen-bond donors (Lipinski definition) is 0. The summed E-state index contributed by atoms with van der Waals surface area (Å²) in [7, 11) is 0.826. The molecule has 0 aromatic heterocycles. The molecule has 0 unspecified atom stereocenters. The molecule has 0 aliphatic rings. The van der Waals surface area contributed by atoms with Gasteiger partial charge in [0.15, 0.2) is 0 Å². The van der Waals surface area contributed by atoms with Crippen molar-refractivity contribution in [3.63, 3.8) is 0 Å². The first-order valence-electron chi connectivity index (χ1n) is 4.41. The van der Waals surface area contributed by atoms with Gasteiger partial charge in [-0.15, -0.1) is 15.8 Å². The van der Waals surface area contributed by atoms with Crippen LogP contribution in [0.15, 0.2) is 0 Å². The van der Waals surface area contributed by atoms with Crippen LogP contribution in [0, 0.1) is 0 Å². The predicted octanol–water partition coefficient (Wildman–Crippen LogP) is 3.88. The summed E-state index contributed by atoms with van der Waals surface area (Å²) < 4.78 is 0. The van der Waals surface area contributed by atoms with Gasteiger partial charge in [0.2, 0.25) is 0 Å². The second-order valence-corrected chi connectivity index (χ2v) is 8.88. The van der Waals surface area contributed by atoms with Crippen LogP contribution < -0.4 is 0 Å². The summed E-state index contributed by atoms with van der Waals surface area (Å²) in [6.07, 6.45) is 4.26. The van der Waals surface area contributed by atoms with Gasteiger partial charge in [0.25, 0.3) is 0 Å². The second-order valence-electron chi connectivity index (χ2n) is 2.96. The van der Waals surface area contributed by atoms with Gasteiger partial charge in [-0.1, -0.05) is 20.8 Å². The molecule has 0 nitrogen and oxygen atoms in total. The fourth-order valence-electron chi connectivity index (χ4n) is 0.671. The van der Waals surface area contributed by atoms with Gasteiger partial charge >= 0.3 is 0 Å². The minimum absolute atomic E-state index is 0. The first-order chi connectivity index (χ1) is 5.08. The second kappa shape index (κ2) is 19.7. The molecule has 0 radical (unpaired) electrons. The van der Waals surface area contributed by atoms with Crippen LogP contribution in [-0.4, -0.2) is 38.5 Å². The molecule has 0 amide bonds. The summed E-state index contributed by atoms with van der Waals surface area (Å²) in [5.74, 6) is 0. The molecule has 0 spiro atoms. The fraction of sp³-hybridized carbons (Fsp3) is 1.00. The van der Waals surface area contributed by atoms with Crippen molar-refractivity contribution in [1.29, 1.82) is 0 Å². The van der Waals surface area contributed by atoms with Gasteiger partial charge in [-0.2, -0.15) is 0 Å². The minimum Gasteiger partial charge on any atom is -0.116 e. The molecule has 0 aliphatic heterocycles. The summed E-state index contributed by atoms with van der Waals surface area (Å²) in [5.41, 5.74) is 0. The van der Waals surface area contributed by atoms with Crippen LogP contribution in [0.3, 0.4) is 0 Å². The van der Waals surface area contributed by atoms with Gasteiger partial charge in [-0.3, -0.25) is 0 Å². The largest absolute Gasteiger partial charge is 0.116 e. The molecule has 88 valence electrons. The third-order valence-electron chi connectivity index (χ3n) is 1.34. The Bertz CT molecular complexity index is 60.4. The monoisotopic (exact) mass is 402 g/mol. The van der Waals surface area contributed by atoms with Gasteiger partial charge in [0, 0.05) is 39.9 Å². The van der Waals surface area contributed by atoms with E-state index < -0.39 is 0 Å². The summed E-state index contributed by atoms with van der Waals surface area (Å²) in [5, 5.41) is 0. The molecule has 0 aliphatic carbocycles. The standard InChI is InChI=1S/C6H15P.C3H9P.Pd.Ru/c1-4-7(5-2)6-3;1-4(2)3;;/h4-6H2,1-3H3;1-3H3;;. The first kappa shape index (κ1) is 24.4. The molecule has 0 heterocycles. The topological polar surface area (TPSA) is 0 Å². The molecule has 0 saturated heterocycles. The molecule has 0 fully saturated rings. The Morgan fingerprint density at radius 3 is 0.923 bits per heavy atom. The maximum absolute atomic E-state index is 2.29. The molecule has 0 N–H and O–H groups in total. The van der Waals surface area contributed by atoms with E-state index in [0.29, 0.717) is 15.8 Å². The zero-order valence-corrected chi connectivity index (χ0v) is 14.8. The SMILES string of the molecule is CCP(CC)CC.CP(C)C.[Pd].[Ru]. The van der Waals surface area contributed by atoms with E-state index in [4.69, 9.17) is 0 Å². The van der Waals surface area contributed by atoms with Gasteiger partial charge in [-0.25, -0.2) is 0 Å². The summed E-state index contributed by atoms with van der Waals surface area (Å²) in [6, 6.07) is 0. The summed E-state index contributed by atoms with van der Waals surface area (Å²) in [6.45, 7) is 13.6. The van der Waals surface area contributed by atoms with E-state index >= 15 is 0 Å². The smallest absolute Gasteiger partial charge is 0 e. The summed E-state index contributed by atoms with van der Waals surface area (Å²) >= 11 is 0. The fourth-order valence-corrected chi connectivity index (χ4v) is 2.01. The summed E-state index contributed by atoms with van der Waals surface area (Å²) in [4.78, 5) is 0. The molecule has 0 aromatic rings. The Morgan fingerprint density at radius 2 is 0.923 bits per heavy atom. The molecule has 0 saturated carbocycles. The predicted molar refractivity (Wildman–Crippen MR) is 63.2 cm³/mol. The molecule has 4 heteroatoms. The maximum atomic E-state index is 2.29. The molecule has 0 atom stereocenters. The van der Waals surface area contributed by atoms with Gasteiger partial charge < -0.3 is 0 Å². The van der Waals surface area contributed by atoms with E-state index in [-0.39, 0.29) is 39.9 Å². The number of hydrogen-bond acceptors (Lipinski definition) is 0. The molecule has 13 heavy (non-hydrogen) atoms. The Hall–Kier alpha value is 2.15. The molecule has 0 rings (SSSR count). The van der Waals surface area contributed by atoms with Crippen molar-refractivity contribution < 1.29 is 39.9 Å². The van der Waals surface area contributed by atoms with E-state index in [1.54, 1.807) is 0 Å². The maximum Gasteiger partial charge on any atom is 0 e. The average Bonchev–Trinajstić information content (AvgIpc) is 1.90. The van der Waals surface area contributed by atoms with Crippen LogP contribution in [0.5, 0.6) is 0 Å². The van der Waals surface area contributed by atoms with Crippen molar-refractivity contribution >= 4 is 15.8 Å². The van der Waals surface area contributed by atoms with Crippen molar-refractivity contribution in [2.24, 2.45) is 0 Å². The van der Waals surface area contributed by atoms with Crippen LogP contribution >= 0.6 is 15.8 Å². The minimum atomic E-state index is 0. The first-order valence-corrected chi connectivity index (χ1v) is 8.99. The van der Waals surface area contributed by atoms with Crippen LogP contribution in [0.1, 0.15) is 20.8 Å². The molecular formula is C9H24P2PdRu. The average molecular weight is 402 g/mol. The molecular weight excluding hydrogens is 378 g/mol. The van der Waals surface area contributed by atoms with E-state index in [2.05, 4.69) is 40.8 Å². The number of rotatable bonds is 3. The van der Waals surface area contributed by atoms with E-state index in [1.807, 2.05) is 0 Å². The Kier molecular flexibility index (Phi) is 36.9. The van der Waals surface area contributed by atoms with Crippen LogP contribution in [0.4, 0.5) is 0 Å². The molecule has 0 aromatic carbocycles. The van der Waals surface area contributed by atoms with Crippen molar-refractivity contribution in [1.82, 2.24) is 0 Å². The van der Waals surface area contributed by atoms with Gasteiger partial charge in [0.05, 0.1) is 0 Å². The quantitative estimate of drug-likeness (QED) is 0.497. The third-order valence-corrected chi connectivity index (χ3v) is 4.02. The Labute approximate surface area is 114 Å². The van der Waals surface area contributed by atoms with Crippen LogP contribution in [0.2, 0.25) is 0 Å². The third kappa shape index (κ3) is 31.4. The normalized spacial score (nSPS) is 8.31. The van der Waals surface area contributed by atoms with Crippen molar-refractivity contribution in [3.05, 3.63) is 0 Å². The Morgan fingerprint density at radius 1 is 0.769 bits per heavy atom. The van der Waals surface area contributed by atoms with Crippen molar-refractivity contribution in [2.45, 2.75) is 20.8 Å². The zero-order valence-electron chi connectivity index (χ0n) is 9.69. The van der Waals surface area contributed by atoms with E-state index in [9.17, 15) is 0 Å². The van der Waals surface area contributed by atoms with Crippen LogP contribution in [0.25, 0.3) is 0 Å².